The number of carbonyl (C=O) groups is 1. The number of hydrogen-bond acceptors (Lipinski definition) is 3. The van der Waals surface area contributed by atoms with Crippen LogP contribution in [0.3, 0.4) is 0 Å². The molecular weight excluding hydrogens is 391 g/mol. The van der Waals surface area contributed by atoms with Crippen molar-refractivity contribution < 1.29 is 26.4 Å². The van der Waals surface area contributed by atoms with E-state index in [9.17, 15) is 26.4 Å². The van der Waals surface area contributed by atoms with Crippen LogP contribution in [-0.4, -0.2) is 37.8 Å². The number of fused-ring (bicyclic) bond motifs is 1. The highest BCUT2D eigenvalue weighted by molar-refractivity contribution is 7.90. The molecule has 0 atom stereocenters. The summed E-state index contributed by atoms with van der Waals surface area (Å²) in [4.78, 5) is 13.9. The van der Waals surface area contributed by atoms with Crippen molar-refractivity contribution in [3.63, 3.8) is 0 Å². The van der Waals surface area contributed by atoms with Crippen LogP contribution in [0.1, 0.15) is 23.1 Å². The minimum Gasteiger partial charge on any atom is -0.338 e. The zero-order valence-corrected chi connectivity index (χ0v) is 16.1. The Bertz CT molecular complexity index is 983. The van der Waals surface area contributed by atoms with Crippen LogP contribution in [0, 0.1) is 0 Å². The molecule has 4 nitrogen and oxygen atoms in total. The Kier molecular flexibility index (Phi) is 5.52. The zero-order valence-electron chi connectivity index (χ0n) is 15.3. The Hall–Kier alpha value is -2.35. The highest BCUT2D eigenvalue weighted by atomic mass is 32.2. The van der Waals surface area contributed by atoms with Gasteiger partial charge in [0.25, 0.3) is 0 Å². The first kappa shape index (κ1) is 20.4. The fourth-order valence-corrected chi connectivity index (χ4v) is 3.91. The lowest BCUT2D eigenvalue weighted by Crippen LogP contribution is -2.36. The number of rotatable bonds is 4. The van der Waals surface area contributed by atoms with Gasteiger partial charge in [0, 0.05) is 25.8 Å². The molecule has 150 valence electrons. The Balaban J connectivity index is 1.80. The molecule has 0 saturated carbocycles. The van der Waals surface area contributed by atoms with Gasteiger partial charge in [-0.2, -0.15) is 13.2 Å². The topological polar surface area (TPSA) is 54.5 Å². The third-order valence-electron chi connectivity index (χ3n) is 4.83. The molecule has 0 N–H and O–H groups in total. The molecule has 2 aromatic rings. The molecule has 0 radical (unpaired) electrons. The molecule has 8 heteroatoms. The first-order chi connectivity index (χ1) is 13.0. The van der Waals surface area contributed by atoms with Gasteiger partial charge in [0.15, 0.2) is 0 Å². The number of hydrogen-bond donors (Lipinski definition) is 0. The molecular formula is C20H20F3NO3S. The van der Waals surface area contributed by atoms with Gasteiger partial charge in [0.1, 0.15) is 9.84 Å². The number of nitrogens with zero attached hydrogens (tertiary/aromatic N) is 1. The summed E-state index contributed by atoms with van der Waals surface area (Å²) in [6, 6.07) is 10.6. The molecule has 3 rings (SSSR count). The number of carbonyl (C=O) groups excluding carboxylic acids is 1. The fourth-order valence-electron chi connectivity index (χ4n) is 3.36. The molecule has 1 aliphatic rings. The van der Waals surface area contributed by atoms with E-state index in [1.54, 1.807) is 4.90 Å². The maximum Gasteiger partial charge on any atom is 0.416 e. The van der Waals surface area contributed by atoms with Gasteiger partial charge in [-0.15, -0.1) is 0 Å². The zero-order chi connectivity index (χ0) is 20.5. The van der Waals surface area contributed by atoms with E-state index in [1.807, 2.05) is 18.2 Å². The molecule has 28 heavy (non-hydrogen) atoms. The van der Waals surface area contributed by atoms with Crippen molar-refractivity contribution >= 4 is 15.7 Å². The summed E-state index contributed by atoms with van der Waals surface area (Å²) in [6.07, 6.45) is -2.76. The van der Waals surface area contributed by atoms with Gasteiger partial charge >= 0.3 is 6.18 Å². The average molecular weight is 411 g/mol. The van der Waals surface area contributed by atoms with Gasteiger partial charge < -0.3 is 4.90 Å². The smallest absolute Gasteiger partial charge is 0.338 e. The van der Waals surface area contributed by atoms with Gasteiger partial charge in [-0.3, -0.25) is 4.79 Å². The van der Waals surface area contributed by atoms with Crippen molar-refractivity contribution in [2.24, 2.45) is 0 Å². The van der Waals surface area contributed by atoms with E-state index in [-0.39, 0.29) is 18.1 Å². The van der Waals surface area contributed by atoms with Gasteiger partial charge in [-0.1, -0.05) is 30.3 Å². The number of halogens is 3. The number of benzene rings is 2. The summed E-state index contributed by atoms with van der Waals surface area (Å²) >= 11 is 0. The van der Waals surface area contributed by atoms with Gasteiger partial charge in [0.2, 0.25) is 5.91 Å². The molecule has 0 bridgehead atoms. The second-order valence-electron chi connectivity index (χ2n) is 6.96. The predicted octanol–water partition coefficient (Wildman–Crippen LogP) is 3.69. The standard InChI is InChI=1S/C20H20F3NO3S/c1-28(26,27)12-10-19(25)24-11-9-18-15(13-24)3-2-4-17(18)14-5-7-16(8-6-14)20(21,22)23/h2-8H,9-13H2,1H3. The van der Waals surface area contributed by atoms with Crippen molar-refractivity contribution in [3.8, 4) is 11.1 Å². The summed E-state index contributed by atoms with van der Waals surface area (Å²) in [5.41, 5.74) is 2.80. The first-order valence-electron chi connectivity index (χ1n) is 8.78. The van der Waals surface area contributed by atoms with Crippen LogP contribution >= 0.6 is 0 Å². The monoisotopic (exact) mass is 411 g/mol. The molecule has 2 aromatic carbocycles. The van der Waals surface area contributed by atoms with E-state index in [0.29, 0.717) is 25.1 Å². The van der Waals surface area contributed by atoms with Crippen LogP contribution in [0.15, 0.2) is 42.5 Å². The maximum absolute atomic E-state index is 12.8. The first-order valence-corrected chi connectivity index (χ1v) is 10.8. The average Bonchev–Trinajstić information content (AvgIpc) is 2.64. The van der Waals surface area contributed by atoms with E-state index < -0.39 is 21.6 Å². The molecule has 0 saturated heterocycles. The van der Waals surface area contributed by atoms with E-state index in [2.05, 4.69) is 0 Å². The van der Waals surface area contributed by atoms with Crippen molar-refractivity contribution in [2.45, 2.75) is 25.6 Å². The molecule has 1 aliphatic heterocycles. The summed E-state index contributed by atoms with van der Waals surface area (Å²) in [5.74, 6) is -0.392. The number of amides is 1. The van der Waals surface area contributed by atoms with Crippen LogP contribution in [0.4, 0.5) is 13.2 Å². The maximum atomic E-state index is 12.8. The van der Waals surface area contributed by atoms with Crippen LogP contribution in [-0.2, 0) is 33.8 Å². The second-order valence-corrected chi connectivity index (χ2v) is 9.22. The number of sulfone groups is 1. The molecule has 1 amide bonds. The number of alkyl halides is 3. The lowest BCUT2D eigenvalue weighted by atomic mass is 9.90. The summed E-state index contributed by atoms with van der Waals surface area (Å²) in [5, 5.41) is 0. The van der Waals surface area contributed by atoms with Crippen LogP contribution in [0.2, 0.25) is 0 Å². The van der Waals surface area contributed by atoms with E-state index in [4.69, 9.17) is 0 Å². The molecule has 1 heterocycles. The largest absolute Gasteiger partial charge is 0.416 e. The van der Waals surface area contributed by atoms with Crippen molar-refractivity contribution in [1.29, 1.82) is 0 Å². The minimum absolute atomic E-state index is 0.0488. The molecule has 0 spiro atoms. The van der Waals surface area contributed by atoms with Gasteiger partial charge in [-0.25, -0.2) is 8.42 Å². The summed E-state index contributed by atoms with van der Waals surface area (Å²) in [6.45, 7) is 0.819. The van der Waals surface area contributed by atoms with Gasteiger partial charge in [0.05, 0.1) is 11.3 Å². The molecule has 0 fully saturated rings. The third-order valence-corrected chi connectivity index (χ3v) is 5.77. The fraction of sp³-hybridized carbons (Fsp3) is 0.350. The Morgan fingerprint density at radius 3 is 2.39 bits per heavy atom. The quantitative estimate of drug-likeness (QED) is 0.771. The predicted molar refractivity (Wildman–Crippen MR) is 100 cm³/mol. The van der Waals surface area contributed by atoms with E-state index >= 15 is 0 Å². The van der Waals surface area contributed by atoms with Crippen molar-refractivity contribution in [1.82, 2.24) is 4.90 Å². The normalized spacial score (nSPS) is 14.6. The Morgan fingerprint density at radius 1 is 1.11 bits per heavy atom. The summed E-state index contributed by atoms with van der Waals surface area (Å²) < 4.78 is 60.9. The Labute approximate surface area is 161 Å². The lowest BCUT2D eigenvalue weighted by molar-refractivity contribution is -0.137. The van der Waals surface area contributed by atoms with Crippen molar-refractivity contribution in [2.75, 3.05) is 18.6 Å². The molecule has 0 aliphatic carbocycles. The van der Waals surface area contributed by atoms with E-state index in [0.717, 1.165) is 35.1 Å². The molecule has 0 unspecified atom stereocenters. The lowest BCUT2D eigenvalue weighted by Gasteiger charge is -2.30. The highest BCUT2D eigenvalue weighted by Crippen LogP contribution is 2.34. The Morgan fingerprint density at radius 2 is 1.79 bits per heavy atom. The highest BCUT2D eigenvalue weighted by Gasteiger charge is 2.30. The third kappa shape index (κ3) is 4.73. The second kappa shape index (κ2) is 7.58. The van der Waals surface area contributed by atoms with Crippen LogP contribution < -0.4 is 0 Å². The SMILES string of the molecule is CS(=O)(=O)CCC(=O)N1CCc2c(cccc2-c2ccc(C(F)(F)F)cc2)C1. The van der Waals surface area contributed by atoms with Crippen LogP contribution in [0.5, 0.6) is 0 Å². The van der Waals surface area contributed by atoms with Crippen molar-refractivity contribution in [3.05, 3.63) is 59.2 Å². The molecule has 0 aromatic heterocycles. The van der Waals surface area contributed by atoms with E-state index in [1.165, 1.54) is 12.1 Å². The van der Waals surface area contributed by atoms with Crippen LogP contribution in [0.25, 0.3) is 11.1 Å². The van der Waals surface area contributed by atoms with Gasteiger partial charge in [-0.05, 0) is 40.8 Å². The minimum atomic E-state index is -4.37. The summed E-state index contributed by atoms with van der Waals surface area (Å²) in [7, 11) is -3.20.